The molecule has 1 aromatic carbocycles. The van der Waals surface area contributed by atoms with Crippen molar-refractivity contribution in [3.8, 4) is 0 Å². The number of hydrogen-bond acceptors (Lipinski definition) is 3. The molecule has 0 spiro atoms. The van der Waals surface area contributed by atoms with Gasteiger partial charge in [-0.2, -0.15) is 0 Å². The molecule has 0 aromatic heterocycles. The quantitative estimate of drug-likeness (QED) is 0.526. The number of hydrogen-bond donors (Lipinski definition) is 4. The van der Waals surface area contributed by atoms with Gasteiger partial charge < -0.3 is 25.6 Å². The highest BCUT2D eigenvalue weighted by molar-refractivity contribution is 7.80. The molecule has 0 bridgehead atoms. The van der Waals surface area contributed by atoms with Crippen molar-refractivity contribution < 1.29 is 14.4 Å². The van der Waals surface area contributed by atoms with Crippen molar-refractivity contribution in [3.63, 3.8) is 0 Å². The number of rotatable bonds is 6. The monoisotopic (exact) mass is 351 g/mol. The number of carbonyl (C=O) groups excluding carboxylic acids is 1. The van der Waals surface area contributed by atoms with Gasteiger partial charge in [0, 0.05) is 5.69 Å². The van der Waals surface area contributed by atoms with Crippen LogP contribution in [0.25, 0.3) is 0 Å². The number of benzene rings is 1. The molecule has 0 aliphatic carbocycles. The number of aryl methyl sites for hydroxylation is 2. The van der Waals surface area contributed by atoms with Gasteiger partial charge in [0.05, 0.1) is 32.8 Å². The number of ether oxygens (including phenoxy) is 1. The van der Waals surface area contributed by atoms with Crippen LogP contribution in [0.3, 0.4) is 0 Å². The lowest BCUT2D eigenvalue weighted by Crippen LogP contribution is -3.14. The van der Waals surface area contributed by atoms with Crippen molar-refractivity contribution in [1.82, 2.24) is 10.6 Å². The first kappa shape index (κ1) is 18.6. The number of quaternary nitrogens is 1. The maximum Gasteiger partial charge on any atom is 0.243 e. The fraction of sp³-hybridized carbons (Fsp3) is 0.529. The maximum absolute atomic E-state index is 12.1. The van der Waals surface area contributed by atoms with Crippen LogP contribution in [0.4, 0.5) is 5.69 Å². The SMILES string of the molecule is Cc1cccc(C)c1NC(=O)CNC(=S)NCC[NH+]1CCOCC1. The van der Waals surface area contributed by atoms with E-state index in [9.17, 15) is 4.79 Å². The van der Waals surface area contributed by atoms with Gasteiger partial charge >= 0.3 is 0 Å². The molecule has 6 nitrogen and oxygen atoms in total. The third-order valence-electron chi connectivity index (χ3n) is 4.12. The first-order valence-corrected chi connectivity index (χ1v) is 8.76. The molecule has 1 saturated heterocycles. The van der Waals surface area contributed by atoms with E-state index in [0.717, 1.165) is 56.2 Å². The van der Waals surface area contributed by atoms with E-state index in [1.165, 1.54) is 4.90 Å². The molecule has 1 aromatic rings. The highest BCUT2D eigenvalue weighted by Crippen LogP contribution is 2.18. The highest BCUT2D eigenvalue weighted by atomic mass is 32.1. The van der Waals surface area contributed by atoms with E-state index in [0.29, 0.717) is 5.11 Å². The van der Waals surface area contributed by atoms with Crippen molar-refractivity contribution in [2.45, 2.75) is 13.8 Å². The van der Waals surface area contributed by atoms with Gasteiger partial charge in [0.15, 0.2) is 5.11 Å². The molecular weight excluding hydrogens is 324 g/mol. The molecule has 1 aliphatic heterocycles. The third-order valence-corrected chi connectivity index (χ3v) is 4.41. The largest absolute Gasteiger partial charge is 0.370 e. The maximum atomic E-state index is 12.1. The standard InChI is InChI=1S/C17H26N4O2S/c1-13-4-3-5-14(2)16(13)20-15(22)12-19-17(24)18-6-7-21-8-10-23-11-9-21/h3-5H,6-12H2,1-2H3,(H,20,22)(H2,18,19,24)/p+1. The van der Waals surface area contributed by atoms with Crippen molar-refractivity contribution >= 4 is 28.9 Å². The Kier molecular flexibility index (Phi) is 7.42. The Bertz CT molecular complexity index is 553. The summed E-state index contributed by atoms with van der Waals surface area (Å²) in [6, 6.07) is 5.94. The lowest BCUT2D eigenvalue weighted by atomic mass is 10.1. The fourth-order valence-corrected chi connectivity index (χ4v) is 2.86. The molecule has 1 amide bonds. The fourth-order valence-electron chi connectivity index (χ4n) is 2.68. The molecule has 7 heteroatoms. The molecule has 0 radical (unpaired) electrons. The Labute approximate surface area is 148 Å². The molecule has 2 rings (SSSR count). The lowest BCUT2D eigenvalue weighted by molar-refractivity contribution is -0.906. The number of nitrogens with one attached hydrogen (secondary N) is 4. The predicted octanol–water partition coefficient (Wildman–Crippen LogP) is -0.379. The number of morpholine rings is 1. The second-order valence-electron chi connectivity index (χ2n) is 6.04. The number of thiocarbonyl (C=S) groups is 1. The molecular formula is C17H27N4O2S+. The summed E-state index contributed by atoms with van der Waals surface area (Å²) in [5.41, 5.74) is 2.98. The normalized spacial score (nSPS) is 14.9. The van der Waals surface area contributed by atoms with E-state index in [1.807, 2.05) is 32.0 Å². The summed E-state index contributed by atoms with van der Waals surface area (Å²) in [6.07, 6.45) is 0. The Hall–Kier alpha value is -1.70. The van der Waals surface area contributed by atoms with Crippen LogP contribution in [0.2, 0.25) is 0 Å². The summed E-state index contributed by atoms with van der Waals surface area (Å²) in [6.45, 7) is 9.66. The van der Waals surface area contributed by atoms with Crippen LogP contribution < -0.4 is 20.9 Å². The molecule has 24 heavy (non-hydrogen) atoms. The first-order chi connectivity index (χ1) is 11.6. The van der Waals surface area contributed by atoms with E-state index in [2.05, 4.69) is 16.0 Å². The van der Waals surface area contributed by atoms with Crippen LogP contribution in [-0.2, 0) is 9.53 Å². The zero-order valence-corrected chi connectivity index (χ0v) is 15.2. The zero-order chi connectivity index (χ0) is 17.4. The van der Waals surface area contributed by atoms with Gasteiger partial charge in [0.25, 0.3) is 0 Å². The van der Waals surface area contributed by atoms with Crippen LogP contribution >= 0.6 is 12.2 Å². The van der Waals surface area contributed by atoms with E-state index >= 15 is 0 Å². The van der Waals surface area contributed by atoms with Crippen molar-refractivity contribution in [1.29, 1.82) is 0 Å². The van der Waals surface area contributed by atoms with E-state index in [4.69, 9.17) is 17.0 Å². The van der Waals surface area contributed by atoms with Crippen molar-refractivity contribution in [2.75, 3.05) is 51.3 Å². The number of amides is 1. The first-order valence-electron chi connectivity index (χ1n) is 8.35. The molecule has 0 atom stereocenters. The summed E-state index contributed by atoms with van der Waals surface area (Å²) in [5.74, 6) is -0.102. The average Bonchev–Trinajstić information content (AvgIpc) is 2.57. The molecule has 0 saturated carbocycles. The summed E-state index contributed by atoms with van der Waals surface area (Å²) >= 11 is 5.22. The second-order valence-corrected chi connectivity index (χ2v) is 6.45. The van der Waals surface area contributed by atoms with Gasteiger partial charge in [-0.3, -0.25) is 4.79 Å². The van der Waals surface area contributed by atoms with Gasteiger partial charge in [-0.05, 0) is 37.2 Å². The van der Waals surface area contributed by atoms with Crippen LogP contribution in [0.5, 0.6) is 0 Å². The summed E-state index contributed by atoms with van der Waals surface area (Å²) < 4.78 is 5.33. The summed E-state index contributed by atoms with van der Waals surface area (Å²) in [4.78, 5) is 13.6. The van der Waals surface area contributed by atoms with Gasteiger partial charge in [0.2, 0.25) is 5.91 Å². The Morgan fingerprint density at radius 3 is 2.54 bits per heavy atom. The summed E-state index contributed by atoms with van der Waals surface area (Å²) in [7, 11) is 0. The number of carbonyl (C=O) groups is 1. The van der Waals surface area contributed by atoms with Crippen molar-refractivity contribution in [2.24, 2.45) is 0 Å². The molecule has 132 valence electrons. The average molecular weight is 351 g/mol. The van der Waals surface area contributed by atoms with E-state index in [1.54, 1.807) is 0 Å². The second kappa shape index (κ2) is 9.56. The number of para-hydroxylation sites is 1. The van der Waals surface area contributed by atoms with Gasteiger partial charge in [-0.1, -0.05) is 18.2 Å². The smallest absolute Gasteiger partial charge is 0.243 e. The topological polar surface area (TPSA) is 66.8 Å². The zero-order valence-electron chi connectivity index (χ0n) is 14.4. The van der Waals surface area contributed by atoms with Gasteiger partial charge in [-0.15, -0.1) is 0 Å². The minimum absolute atomic E-state index is 0.102. The highest BCUT2D eigenvalue weighted by Gasteiger charge is 2.13. The van der Waals surface area contributed by atoms with Crippen LogP contribution in [-0.4, -0.2) is 57.0 Å². The Morgan fingerprint density at radius 2 is 1.88 bits per heavy atom. The molecule has 1 fully saturated rings. The minimum atomic E-state index is -0.102. The van der Waals surface area contributed by atoms with Crippen LogP contribution in [0.15, 0.2) is 18.2 Å². The summed E-state index contributed by atoms with van der Waals surface area (Å²) in [5, 5.41) is 9.55. The number of anilines is 1. The third kappa shape index (κ3) is 6.07. The Morgan fingerprint density at radius 1 is 1.21 bits per heavy atom. The van der Waals surface area contributed by atoms with E-state index < -0.39 is 0 Å². The van der Waals surface area contributed by atoms with Crippen molar-refractivity contribution in [3.05, 3.63) is 29.3 Å². The lowest BCUT2D eigenvalue weighted by Gasteiger charge is -2.24. The van der Waals surface area contributed by atoms with Gasteiger partial charge in [-0.25, -0.2) is 0 Å². The van der Waals surface area contributed by atoms with E-state index in [-0.39, 0.29) is 12.5 Å². The van der Waals surface area contributed by atoms with Crippen LogP contribution in [0.1, 0.15) is 11.1 Å². The minimum Gasteiger partial charge on any atom is -0.370 e. The molecule has 1 heterocycles. The molecule has 1 aliphatic rings. The van der Waals surface area contributed by atoms with Crippen LogP contribution in [0, 0.1) is 13.8 Å². The van der Waals surface area contributed by atoms with Gasteiger partial charge in [0.1, 0.15) is 13.1 Å². The molecule has 4 N–H and O–H groups in total. The Balaban J connectivity index is 1.65. The molecule has 0 unspecified atom stereocenters. The predicted molar refractivity (Wildman–Crippen MR) is 99.5 cm³/mol.